The fraction of sp³-hybridized carbons (Fsp3) is 0.467. The predicted octanol–water partition coefficient (Wildman–Crippen LogP) is 7.32. The molecule has 2 amide bonds. The molecular weight excluding hydrogens is 506 g/mol. The number of hydrogen-bond acceptors (Lipinski definition) is 5. The summed E-state index contributed by atoms with van der Waals surface area (Å²) in [6, 6.07) is 13.7. The Bertz CT molecular complexity index is 1220. The Morgan fingerprint density at radius 1 is 1.00 bits per heavy atom. The lowest BCUT2D eigenvalue weighted by Gasteiger charge is -2.57. The van der Waals surface area contributed by atoms with Crippen molar-refractivity contribution in [1.82, 2.24) is 4.90 Å². The number of carbonyl (C=O) groups excluding carboxylic acids is 2. The van der Waals surface area contributed by atoms with E-state index >= 15 is 0 Å². The summed E-state index contributed by atoms with van der Waals surface area (Å²) in [5.41, 5.74) is 2.50. The number of carbonyl (C=O) groups is 2. The molecule has 0 aromatic heterocycles. The molecule has 0 unspecified atom stereocenters. The smallest absolute Gasteiger partial charge is 0.293 e. The van der Waals surface area contributed by atoms with Crippen molar-refractivity contribution in [3.8, 4) is 11.5 Å². The molecule has 4 aliphatic carbocycles. The Hall–Kier alpha value is -2.44. The van der Waals surface area contributed by atoms with Crippen LogP contribution in [0.1, 0.15) is 56.6 Å². The number of hydrogen-bond donors (Lipinski definition) is 0. The van der Waals surface area contributed by atoms with Crippen molar-refractivity contribution in [3.63, 3.8) is 0 Å². The average Bonchev–Trinajstić information content (AvgIpc) is 3.13. The molecule has 0 atom stereocenters. The Morgan fingerprint density at radius 2 is 1.70 bits per heavy atom. The number of imide groups is 1. The van der Waals surface area contributed by atoms with Gasteiger partial charge in [-0.3, -0.25) is 14.5 Å². The molecule has 0 radical (unpaired) electrons. The summed E-state index contributed by atoms with van der Waals surface area (Å²) in [5, 5.41) is 0.216. The third kappa shape index (κ3) is 4.79. The summed E-state index contributed by atoms with van der Waals surface area (Å²) >= 11 is 7.12. The topological polar surface area (TPSA) is 55.8 Å². The highest BCUT2D eigenvalue weighted by molar-refractivity contribution is 8.18. The zero-order valence-electron chi connectivity index (χ0n) is 21.1. The first-order chi connectivity index (χ1) is 17.9. The molecule has 0 N–H and O–H groups in total. The van der Waals surface area contributed by atoms with E-state index in [-0.39, 0.29) is 29.7 Å². The van der Waals surface area contributed by atoms with Crippen LogP contribution in [0, 0.1) is 17.8 Å². The molecule has 5 nitrogen and oxygen atoms in total. The first kappa shape index (κ1) is 24.9. The maximum Gasteiger partial charge on any atom is 0.293 e. The third-order valence-electron chi connectivity index (χ3n) is 8.53. The van der Waals surface area contributed by atoms with E-state index in [1.165, 1.54) is 49.0 Å². The van der Waals surface area contributed by atoms with Crippen LogP contribution in [0.15, 0.2) is 47.4 Å². The summed E-state index contributed by atoms with van der Waals surface area (Å²) in [6.45, 7) is 2.85. The van der Waals surface area contributed by atoms with E-state index in [4.69, 9.17) is 21.1 Å². The summed E-state index contributed by atoms with van der Waals surface area (Å²) in [5.74, 6) is 3.56. The van der Waals surface area contributed by atoms with Gasteiger partial charge in [-0.2, -0.15) is 0 Å². The molecule has 1 heterocycles. The van der Waals surface area contributed by atoms with Gasteiger partial charge in [0.15, 0.2) is 0 Å². The minimum absolute atomic E-state index is 0.166. The van der Waals surface area contributed by atoms with Crippen LogP contribution in [0.2, 0.25) is 5.02 Å². The van der Waals surface area contributed by atoms with Crippen molar-refractivity contribution in [2.24, 2.45) is 17.8 Å². The van der Waals surface area contributed by atoms with Crippen LogP contribution in [0.4, 0.5) is 4.79 Å². The van der Waals surface area contributed by atoms with Gasteiger partial charge in [0.25, 0.3) is 11.1 Å². The second kappa shape index (κ2) is 10.0. The summed E-state index contributed by atoms with van der Waals surface area (Å²) < 4.78 is 11.6. The van der Waals surface area contributed by atoms with Crippen LogP contribution in [0.5, 0.6) is 11.5 Å². The van der Waals surface area contributed by atoms with Gasteiger partial charge in [0.1, 0.15) is 18.1 Å². The fourth-order valence-corrected chi connectivity index (χ4v) is 8.43. The molecule has 5 aliphatic rings. The molecule has 7 rings (SSSR count). The molecule has 1 saturated heterocycles. The molecule has 1 aliphatic heterocycles. The molecular formula is C30H32ClNO4S. The molecule has 7 heteroatoms. The largest absolute Gasteiger partial charge is 0.493 e. The van der Waals surface area contributed by atoms with Crippen LogP contribution in [-0.2, 0) is 10.2 Å². The highest BCUT2D eigenvalue weighted by Crippen LogP contribution is 2.61. The molecule has 4 bridgehead atoms. The third-order valence-corrected chi connectivity index (χ3v) is 9.75. The van der Waals surface area contributed by atoms with E-state index in [0.29, 0.717) is 22.3 Å². The highest BCUT2D eigenvalue weighted by atomic mass is 35.5. The van der Waals surface area contributed by atoms with E-state index in [0.717, 1.165) is 40.8 Å². The maximum atomic E-state index is 13.2. The van der Waals surface area contributed by atoms with Crippen molar-refractivity contribution >= 4 is 40.6 Å². The monoisotopic (exact) mass is 537 g/mol. The van der Waals surface area contributed by atoms with Gasteiger partial charge in [0.05, 0.1) is 23.1 Å². The molecule has 5 fully saturated rings. The highest BCUT2D eigenvalue weighted by Gasteiger charge is 2.51. The number of para-hydroxylation sites is 1. The average molecular weight is 538 g/mol. The van der Waals surface area contributed by atoms with Crippen molar-refractivity contribution in [2.45, 2.75) is 50.9 Å². The Balaban J connectivity index is 1.22. The number of benzene rings is 2. The maximum absolute atomic E-state index is 13.2. The van der Waals surface area contributed by atoms with Gasteiger partial charge in [0, 0.05) is 5.56 Å². The molecule has 194 valence electrons. The molecule has 4 saturated carbocycles. The van der Waals surface area contributed by atoms with Crippen molar-refractivity contribution < 1.29 is 19.1 Å². The number of rotatable bonds is 8. The van der Waals surface area contributed by atoms with E-state index in [1.807, 2.05) is 25.1 Å². The number of nitrogens with zero attached hydrogens (tertiary/aromatic N) is 1. The Morgan fingerprint density at radius 3 is 2.38 bits per heavy atom. The zero-order chi connectivity index (χ0) is 25.6. The quantitative estimate of drug-likeness (QED) is 0.330. The lowest BCUT2D eigenvalue weighted by Crippen LogP contribution is -2.48. The van der Waals surface area contributed by atoms with Gasteiger partial charge in [-0.15, -0.1) is 0 Å². The normalized spacial score (nSPS) is 29.4. The van der Waals surface area contributed by atoms with Crippen LogP contribution >= 0.6 is 23.4 Å². The van der Waals surface area contributed by atoms with Crippen LogP contribution in [-0.4, -0.2) is 35.8 Å². The first-order valence-corrected chi connectivity index (χ1v) is 14.5. The van der Waals surface area contributed by atoms with E-state index < -0.39 is 0 Å². The second-order valence-electron chi connectivity index (χ2n) is 11.0. The lowest BCUT2D eigenvalue weighted by molar-refractivity contribution is -0.123. The van der Waals surface area contributed by atoms with Gasteiger partial charge < -0.3 is 9.47 Å². The SMILES string of the molecule is CCOc1ccc(C23CC4CC(CC(C4)C2)C3)cc1/C=C1\SC(=O)N(CCOc2ccccc2Cl)C1=O. The van der Waals surface area contributed by atoms with Gasteiger partial charge in [-0.25, -0.2) is 0 Å². The first-order valence-electron chi connectivity index (χ1n) is 13.3. The van der Waals surface area contributed by atoms with Crippen LogP contribution < -0.4 is 9.47 Å². The molecule has 0 spiro atoms. The molecule has 2 aromatic carbocycles. The summed E-state index contributed by atoms with van der Waals surface area (Å²) in [7, 11) is 0. The van der Waals surface area contributed by atoms with Crippen LogP contribution in [0.25, 0.3) is 6.08 Å². The number of halogens is 1. The minimum Gasteiger partial charge on any atom is -0.493 e. The van der Waals surface area contributed by atoms with Gasteiger partial charge in [0.2, 0.25) is 0 Å². The second-order valence-corrected chi connectivity index (χ2v) is 12.4. The fourth-order valence-electron chi connectivity index (χ4n) is 7.38. The minimum atomic E-state index is -0.291. The lowest BCUT2D eigenvalue weighted by atomic mass is 9.48. The van der Waals surface area contributed by atoms with Gasteiger partial charge in [-0.05, 0) is 116 Å². The van der Waals surface area contributed by atoms with Gasteiger partial charge >= 0.3 is 0 Å². The zero-order valence-corrected chi connectivity index (χ0v) is 22.7. The standard InChI is InChI=1S/C30H32ClNO4S/c1-2-35-25-8-7-23(30-16-19-11-20(17-30)13-21(12-19)18-30)14-22(25)15-27-28(33)32(29(34)37-27)9-10-36-26-6-4-3-5-24(26)31/h3-8,14-15,19-21H,2,9-13,16-18H2,1H3/b27-15-. The van der Waals surface area contributed by atoms with Crippen molar-refractivity contribution in [2.75, 3.05) is 19.8 Å². The van der Waals surface area contributed by atoms with Crippen molar-refractivity contribution in [1.29, 1.82) is 0 Å². The van der Waals surface area contributed by atoms with Gasteiger partial charge in [-0.1, -0.05) is 29.8 Å². The van der Waals surface area contributed by atoms with E-state index in [1.54, 1.807) is 12.1 Å². The van der Waals surface area contributed by atoms with Crippen LogP contribution in [0.3, 0.4) is 0 Å². The number of amides is 2. The molecule has 2 aromatic rings. The Kier molecular flexibility index (Phi) is 6.74. The number of thioether (sulfide) groups is 1. The predicted molar refractivity (Wildman–Crippen MR) is 147 cm³/mol. The summed E-state index contributed by atoms with van der Waals surface area (Å²) in [4.78, 5) is 27.6. The summed E-state index contributed by atoms with van der Waals surface area (Å²) in [6.07, 6.45) is 9.86. The Labute approximate surface area is 227 Å². The van der Waals surface area contributed by atoms with E-state index in [2.05, 4.69) is 18.2 Å². The molecule has 37 heavy (non-hydrogen) atoms. The van der Waals surface area contributed by atoms with E-state index in [9.17, 15) is 9.59 Å². The number of ether oxygens (including phenoxy) is 2. The van der Waals surface area contributed by atoms with Crippen molar-refractivity contribution in [3.05, 3.63) is 63.5 Å².